The van der Waals surface area contributed by atoms with Crippen LogP contribution in [0.1, 0.15) is 29.1 Å². The third-order valence-corrected chi connectivity index (χ3v) is 9.16. The van der Waals surface area contributed by atoms with E-state index in [4.69, 9.17) is 28.6 Å². The van der Waals surface area contributed by atoms with Crippen LogP contribution in [0, 0.1) is 6.92 Å². The van der Waals surface area contributed by atoms with E-state index in [1.807, 2.05) is 35.9 Å². The zero-order valence-corrected chi connectivity index (χ0v) is 27.0. The lowest BCUT2D eigenvalue weighted by Crippen LogP contribution is -2.22. The molecule has 1 aliphatic rings. The maximum atomic E-state index is 12.2. The number of aryl methyl sites for hydroxylation is 1. The van der Waals surface area contributed by atoms with E-state index in [1.54, 1.807) is 32.4 Å². The third-order valence-electron chi connectivity index (χ3n) is 7.46. The monoisotopic (exact) mass is 614 g/mol. The van der Waals surface area contributed by atoms with Crippen molar-refractivity contribution in [3.63, 3.8) is 0 Å². The van der Waals surface area contributed by atoms with E-state index in [1.165, 1.54) is 0 Å². The first-order valence-corrected chi connectivity index (χ1v) is 18.5. The number of rotatable bonds is 12. The molecular formula is C32H38N6O5Si. The van der Waals surface area contributed by atoms with Gasteiger partial charge in [0.15, 0.2) is 17.1 Å². The Labute approximate surface area is 257 Å². The van der Waals surface area contributed by atoms with Crippen LogP contribution in [0.4, 0.5) is 11.6 Å². The number of methoxy groups -OCH3 is 1. The van der Waals surface area contributed by atoms with Gasteiger partial charge in [-0.1, -0.05) is 25.7 Å². The van der Waals surface area contributed by atoms with Gasteiger partial charge in [-0.15, -0.1) is 0 Å². The van der Waals surface area contributed by atoms with Gasteiger partial charge in [-0.05, 0) is 54.8 Å². The minimum absolute atomic E-state index is 0.103. The predicted octanol–water partition coefficient (Wildman–Crippen LogP) is 6.51. The molecule has 0 unspecified atom stereocenters. The number of ether oxygens (including phenoxy) is 3. The molecule has 1 amide bonds. The Balaban J connectivity index is 1.45. The summed E-state index contributed by atoms with van der Waals surface area (Å²) in [5, 5.41) is 6.73. The molecule has 0 radical (unpaired) electrons. The molecule has 6 rings (SSSR count). The number of amides is 1. The van der Waals surface area contributed by atoms with Crippen molar-refractivity contribution in [3.05, 3.63) is 54.0 Å². The van der Waals surface area contributed by atoms with Crippen LogP contribution in [-0.4, -0.2) is 60.4 Å². The molecule has 2 aromatic carbocycles. The second kappa shape index (κ2) is 11.9. The fourth-order valence-corrected chi connectivity index (χ4v) is 5.66. The first-order chi connectivity index (χ1) is 21.1. The number of aromatic nitrogens is 4. The molecule has 12 heteroatoms. The molecule has 0 aliphatic heterocycles. The molecule has 0 spiro atoms. The minimum atomic E-state index is -1.26. The highest BCUT2D eigenvalue weighted by Crippen LogP contribution is 2.40. The smallest absolute Gasteiger partial charge is 0.251 e. The Hall–Kier alpha value is -4.42. The van der Waals surface area contributed by atoms with E-state index in [-0.39, 0.29) is 12.0 Å². The summed E-state index contributed by atoms with van der Waals surface area (Å²) in [5.74, 6) is 1.73. The zero-order valence-electron chi connectivity index (χ0n) is 26.0. The molecule has 5 aromatic rings. The third kappa shape index (κ3) is 6.41. The molecule has 11 nitrogen and oxygen atoms in total. The second-order valence-electron chi connectivity index (χ2n) is 12.3. The van der Waals surface area contributed by atoms with Gasteiger partial charge >= 0.3 is 0 Å². The van der Waals surface area contributed by atoms with Crippen molar-refractivity contribution in [2.45, 2.75) is 58.3 Å². The molecule has 3 aromatic heterocycles. The van der Waals surface area contributed by atoms with E-state index in [0.29, 0.717) is 59.3 Å². The number of carbonyl (C=O) groups excluding carboxylic acids is 1. The molecule has 1 saturated carbocycles. The summed E-state index contributed by atoms with van der Waals surface area (Å²) in [6.45, 7) is 9.85. The van der Waals surface area contributed by atoms with Crippen molar-refractivity contribution < 1.29 is 23.4 Å². The van der Waals surface area contributed by atoms with Crippen molar-refractivity contribution in [1.29, 1.82) is 0 Å². The standard InChI is InChI=1S/C32H38N6O5Si/c1-19-34-25-11-7-20(15-27(25)42-19)23-17-38(18-41-13-14-44(4,5)6)29-28(23)31(43-22-9-10-22)37-32(36-29)35-24-12-8-21(30(39)33-2)16-26(24)40-3/h7-8,11-12,15-17,22H,9-10,13-14,18H2,1-6H3,(H,33,39)(H,35,36,37). The topological polar surface area (TPSA) is 126 Å². The molecule has 2 N–H and O–H groups in total. The molecule has 0 saturated heterocycles. The van der Waals surface area contributed by atoms with Crippen LogP contribution in [0.15, 0.2) is 47.0 Å². The van der Waals surface area contributed by atoms with Crippen LogP contribution in [0.3, 0.4) is 0 Å². The number of anilines is 2. The van der Waals surface area contributed by atoms with Crippen LogP contribution < -0.4 is 20.1 Å². The number of carbonyl (C=O) groups is 1. The van der Waals surface area contributed by atoms with Crippen molar-refractivity contribution in [3.8, 4) is 22.8 Å². The maximum Gasteiger partial charge on any atom is 0.251 e. The van der Waals surface area contributed by atoms with Crippen molar-refractivity contribution in [2.75, 3.05) is 26.1 Å². The number of fused-ring (bicyclic) bond motifs is 2. The molecule has 0 bridgehead atoms. The van der Waals surface area contributed by atoms with Gasteiger partial charge in [0.2, 0.25) is 11.8 Å². The van der Waals surface area contributed by atoms with Gasteiger partial charge in [0.05, 0.1) is 18.2 Å². The first kappa shape index (κ1) is 29.6. The summed E-state index contributed by atoms with van der Waals surface area (Å²) < 4.78 is 26.1. The predicted molar refractivity (Wildman–Crippen MR) is 173 cm³/mol. The average Bonchev–Trinajstić information content (AvgIpc) is 3.61. The summed E-state index contributed by atoms with van der Waals surface area (Å²) in [6, 6.07) is 12.2. The summed E-state index contributed by atoms with van der Waals surface area (Å²) in [4.78, 5) is 26.5. The lowest BCUT2D eigenvalue weighted by molar-refractivity contribution is 0.0899. The summed E-state index contributed by atoms with van der Waals surface area (Å²) in [6.07, 6.45) is 4.09. The van der Waals surface area contributed by atoms with E-state index in [9.17, 15) is 4.79 Å². The Morgan fingerprint density at radius 1 is 1.11 bits per heavy atom. The molecule has 1 fully saturated rings. The highest BCUT2D eigenvalue weighted by atomic mass is 28.3. The normalized spacial score (nSPS) is 13.4. The SMILES string of the molecule is CNC(=O)c1ccc(Nc2nc(OC3CC3)c3c(-c4ccc5nc(C)oc5c4)cn(COCC[Si](C)(C)C)c3n2)c(OC)c1. The first-order valence-electron chi connectivity index (χ1n) is 14.8. The minimum Gasteiger partial charge on any atom is -0.495 e. The van der Waals surface area contributed by atoms with Gasteiger partial charge in [0.1, 0.15) is 24.1 Å². The number of nitrogens with zero attached hydrogens (tertiary/aromatic N) is 4. The van der Waals surface area contributed by atoms with Gasteiger partial charge in [0.25, 0.3) is 5.91 Å². The van der Waals surface area contributed by atoms with Gasteiger partial charge in [-0.2, -0.15) is 9.97 Å². The van der Waals surface area contributed by atoms with Crippen molar-refractivity contribution in [1.82, 2.24) is 24.8 Å². The van der Waals surface area contributed by atoms with Gasteiger partial charge in [0, 0.05) is 46.0 Å². The van der Waals surface area contributed by atoms with Crippen LogP contribution in [0.25, 0.3) is 33.3 Å². The van der Waals surface area contributed by atoms with Crippen LogP contribution in [0.2, 0.25) is 25.7 Å². The van der Waals surface area contributed by atoms with Crippen molar-refractivity contribution in [2.24, 2.45) is 0 Å². The zero-order chi connectivity index (χ0) is 31.0. The summed E-state index contributed by atoms with van der Waals surface area (Å²) in [5.41, 5.74) is 5.15. The highest BCUT2D eigenvalue weighted by molar-refractivity contribution is 6.76. The van der Waals surface area contributed by atoms with Crippen molar-refractivity contribution >= 4 is 47.7 Å². The number of hydrogen-bond donors (Lipinski definition) is 2. The molecule has 1 aliphatic carbocycles. The fraction of sp³-hybridized carbons (Fsp3) is 0.375. The van der Waals surface area contributed by atoms with Crippen LogP contribution >= 0.6 is 0 Å². The van der Waals surface area contributed by atoms with E-state index in [0.717, 1.165) is 40.9 Å². The number of oxazole rings is 1. The van der Waals surface area contributed by atoms with E-state index >= 15 is 0 Å². The second-order valence-corrected chi connectivity index (χ2v) is 17.9. The Kier molecular flexibility index (Phi) is 8.04. The Morgan fingerprint density at radius 2 is 1.93 bits per heavy atom. The highest BCUT2D eigenvalue weighted by Gasteiger charge is 2.28. The molecule has 44 heavy (non-hydrogen) atoms. The fourth-order valence-electron chi connectivity index (χ4n) is 4.91. The van der Waals surface area contributed by atoms with Gasteiger partial charge in [-0.25, -0.2) is 4.98 Å². The Morgan fingerprint density at radius 3 is 2.66 bits per heavy atom. The quantitative estimate of drug-likeness (QED) is 0.119. The van der Waals surface area contributed by atoms with Gasteiger partial charge in [-0.3, -0.25) is 4.79 Å². The number of benzene rings is 2. The Bertz CT molecular complexity index is 1840. The van der Waals surface area contributed by atoms with E-state index in [2.05, 4.69) is 35.3 Å². The molecular weight excluding hydrogens is 576 g/mol. The summed E-state index contributed by atoms with van der Waals surface area (Å²) in [7, 11) is 1.89. The number of hydrogen-bond acceptors (Lipinski definition) is 9. The summed E-state index contributed by atoms with van der Waals surface area (Å²) >= 11 is 0. The molecule has 230 valence electrons. The maximum absolute atomic E-state index is 12.2. The molecule has 3 heterocycles. The van der Waals surface area contributed by atoms with E-state index < -0.39 is 8.07 Å². The van der Waals surface area contributed by atoms with Gasteiger partial charge < -0.3 is 33.8 Å². The lowest BCUT2D eigenvalue weighted by atomic mass is 10.1. The average molecular weight is 615 g/mol. The lowest BCUT2D eigenvalue weighted by Gasteiger charge is -2.16. The van der Waals surface area contributed by atoms with Crippen LogP contribution in [0.5, 0.6) is 11.6 Å². The largest absolute Gasteiger partial charge is 0.495 e. The molecule has 0 atom stereocenters. The number of nitrogens with one attached hydrogen (secondary N) is 2. The van der Waals surface area contributed by atoms with Crippen LogP contribution in [-0.2, 0) is 11.5 Å².